The number of sulfonamides is 1. The van der Waals surface area contributed by atoms with Gasteiger partial charge in [0, 0.05) is 5.69 Å². The summed E-state index contributed by atoms with van der Waals surface area (Å²) >= 11 is 0. The second kappa shape index (κ2) is 8.05. The van der Waals surface area contributed by atoms with E-state index in [1.165, 1.54) is 36.5 Å². The van der Waals surface area contributed by atoms with Crippen molar-refractivity contribution in [3.05, 3.63) is 72.7 Å². The van der Waals surface area contributed by atoms with Crippen molar-refractivity contribution in [2.45, 2.75) is 11.8 Å². The summed E-state index contributed by atoms with van der Waals surface area (Å²) in [6.07, 6.45) is 1.49. The minimum Gasteiger partial charge on any atom is -0.494 e. The van der Waals surface area contributed by atoms with E-state index in [-0.39, 0.29) is 16.5 Å². The standard InChI is InChI=1S/C19H18FN3O3S/c1-2-26-17-8-10-18(11-9-17)27(24,25)23-19-12-7-16(13-21-19)22-15-5-3-14(20)4-6-15/h3-13,22H,2H2,1H3,(H,21,23). The molecule has 0 aliphatic carbocycles. The van der Waals surface area contributed by atoms with Crippen molar-refractivity contribution in [3.8, 4) is 5.75 Å². The monoisotopic (exact) mass is 387 g/mol. The molecule has 8 heteroatoms. The fraction of sp³-hybridized carbons (Fsp3) is 0.105. The fourth-order valence-corrected chi connectivity index (χ4v) is 3.31. The third kappa shape index (κ3) is 4.95. The molecule has 0 bridgehead atoms. The predicted molar refractivity (Wildman–Crippen MR) is 102 cm³/mol. The van der Waals surface area contributed by atoms with Crippen LogP contribution in [-0.4, -0.2) is 20.0 Å². The van der Waals surface area contributed by atoms with Crippen LogP contribution in [0.4, 0.5) is 21.6 Å². The first-order chi connectivity index (χ1) is 13.0. The van der Waals surface area contributed by atoms with Crippen molar-refractivity contribution in [1.82, 2.24) is 4.98 Å². The summed E-state index contributed by atoms with van der Waals surface area (Å²) in [5.41, 5.74) is 1.34. The number of nitrogens with one attached hydrogen (secondary N) is 2. The number of hydrogen-bond donors (Lipinski definition) is 2. The van der Waals surface area contributed by atoms with Gasteiger partial charge in [-0.3, -0.25) is 4.72 Å². The molecule has 0 saturated carbocycles. The van der Waals surface area contributed by atoms with E-state index in [0.717, 1.165) is 0 Å². The highest BCUT2D eigenvalue weighted by atomic mass is 32.2. The summed E-state index contributed by atoms with van der Waals surface area (Å²) in [5, 5.41) is 3.05. The number of halogens is 1. The first-order valence-electron chi connectivity index (χ1n) is 8.20. The van der Waals surface area contributed by atoms with Crippen LogP contribution < -0.4 is 14.8 Å². The summed E-state index contributed by atoms with van der Waals surface area (Å²) in [7, 11) is -3.75. The molecule has 3 aromatic rings. The third-order valence-corrected chi connectivity index (χ3v) is 4.95. The van der Waals surface area contributed by atoms with Gasteiger partial charge in [-0.1, -0.05) is 0 Å². The summed E-state index contributed by atoms with van der Waals surface area (Å²) < 4.78 is 45.5. The average Bonchev–Trinajstić information content (AvgIpc) is 2.66. The van der Waals surface area contributed by atoms with E-state index in [4.69, 9.17) is 4.74 Å². The Balaban J connectivity index is 1.68. The van der Waals surface area contributed by atoms with E-state index in [1.807, 2.05) is 6.92 Å². The largest absolute Gasteiger partial charge is 0.494 e. The van der Waals surface area contributed by atoms with Crippen LogP contribution in [0.3, 0.4) is 0 Å². The van der Waals surface area contributed by atoms with Gasteiger partial charge in [-0.25, -0.2) is 17.8 Å². The van der Waals surface area contributed by atoms with Crippen LogP contribution in [0.15, 0.2) is 71.8 Å². The van der Waals surface area contributed by atoms with E-state index >= 15 is 0 Å². The number of anilines is 3. The number of benzene rings is 2. The Bertz CT molecular complexity index is 990. The normalized spacial score (nSPS) is 11.0. The molecule has 2 aromatic carbocycles. The van der Waals surface area contributed by atoms with Crippen molar-refractivity contribution in [2.75, 3.05) is 16.6 Å². The molecule has 6 nitrogen and oxygen atoms in total. The molecule has 0 amide bonds. The molecule has 0 saturated heterocycles. The van der Waals surface area contributed by atoms with Gasteiger partial charge in [0.15, 0.2) is 0 Å². The van der Waals surface area contributed by atoms with Gasteiger partial charge < -0.3 is 10.1 Å². The lowest BCUT2D eigenvalue weighted by Gasteiger charge is -2.10. The molecule has 27 heavy (non-hydrogen) atoms. The Morgan fingerprint density at radius 3 is 2.22 bits per heavy atom. The number of hydrogen-bond acceptors (Lipinski definition) is 5. The van der Waals surface area contributed by atoms with Gasteiger partial charge in [-0.2, -0.15) is 0 Å². The highest BCUT2D eigenvalue weighted by Crippen LogP contribution is 2.21. The summed E-state index contributed by atoms with van der Waals surface area (Å²) in [6.45, 7) is 2.36. The summed E-state index contributed by atoms with van der Waals surface area (Å²) in [5.74, 6) is 0.469. The topological polar surface area (TPSA) is 80.3 Å². The van der Waals surface area contributed by atoms with Gasteiger partial charge in [0.1, 0.15) is 17.4 Å². The van der Waals surface area contributed by atoms with Crippen molar-refractivity contribution in [2.24, 2.45) is 0 Å². The van der Waals surface area contributed by atoms with Crippen molar-refractivity contribution < 1.29 is 17.5 Å². The van der Waals surface area contributed by atoms with Crippen LogP contribution in [0.5, 0.6) is 5.75 Å². The number of rotatable bonds is 7. The van der Waals surface area contributed by atoms with Gasteiger partial charge in [0.05, 0.1) is 23.4 Å². The van der Waals surface area contributed by atoms with Gasteiger partial charge >= 0.3 is 0 Å². The third-order valence-electron chi connectivity index (χ3n) is 3.58. The van der Waals surface area contributed by atoms with E-state index in [2.05, 4.69) is 15.0 Å². The zero-order valence-electron chi connectivity index (χ0n) is 14.5. The molecule has 0 fully saturated rings. The minimum atomic E-state index is -3.75. The average molecular weight is 387 g/mol. The Morgan fingerprint density at radius 1 is 0.963 bits per heavy atom. The predicted octanol–water partition coefficient (Wildman–Crippen LogP) is 4.16. The van der Waals surface area contributed by atoms with Gasteiger partial charge in [0.25, 0.3) is 10.0 Å². The SMILES string of the molecule is CCOc1ccc(S(=O)(=O)Nc2ccc(Nc3ccc(F)cc3)cn2)cc1. The molecule has 0 unspecified atom stereocenters. The van der Waals surface area contributed by atoms with E-state index in [9.17, 15) is 12.8 Å². The Kier molecular flexibility index (Phi) is 5.56. The van der Waals surface area contributed by atoms with Crippen LogP contribution in [0.25, 0.3) is 0 Å². The maximum atomic E-state index is 12.9. The molecule has 0 aliphatic heterocycles. The molecule has 0 aliphatic rings. The lowest BCUT2D eigenvalue weighted by molar-refractivity contribution is 0.340. The molecule has 3 rings (SSSR count). The van der Waals surface area contributed by atoms with Crippen LogP contribution >= 0.6 is 0 Å². The molecule has 0 spiro atoms. The van der Waals surface area contributed by atoms with Crippen molar-refractivity contribution >= 4 is 27.2 Å². The zero-order valence-corrected chi connectivity index (χ0v) is 15.3. The first kappa shape index (κ1) is 18.7. The number of pyridine rings is 1. The van der Waals surface area contributed by atoms with E-state index in [1.54, 1.807) is 30.3 Å². The van der Waals surface area contributed by atoms with Crippen LogP contribution in [-0.2, 0) is 10.0 Å². The lowest BCUT2D eigenvalue weighted by Crippen LogP contribution is -2.13. The Labute approximate surface area is 157 Å². The maximum absolute atomic E-state index is 12.9. The molecule has 1 aromatic heterocycles. The molecular weight excluding hydrogens is 369 g/mol. The molecule has 2 N–H and O–H groups in total. The summed E-state index contributed by atoms with van der Waals surface area (Å²) in [6, 6.07) is 15.2. The second-order valence-electron chi connectivity index (χ2n) is 5.57. The smallest absolute Gasteiger partial charge is 0.263 e. The molecule has 1 heterocycles. The van der Waals surface area contributed by atoms with Crippen LogP contribution in [0.2, 0.25) is 0 Å². The second-order valence-corrected chi connectivity index (χ2v) is 7.26. The van der Waals surface area contributed by atoms with Gasteiger partial charge in [0.2, 0.25) is 0 Å². The Morgan fingerprint density at radius 2 is 1.63 bits per heavy atom. The number of aromatic nitrogens is 1. The van der Waals surface area contributed by atoms with Gasteiger partial charge in [-0.05, 0) is 67.6 Å². The number of ether oxygens (including phenoxy) is 1. The lowest BCUT2D eigenvalue weighted by atomic mass is 10.3. The number of nitrogens with zero attached hydrogens (tertiary/aromatic N) is 1. The van der Waals surface area contributed by atoms with Gasteiger partial charge in [-0.15, -0.1) is 0 Å². The maximum Gasteiger partial charge on any atom is 0.263 e. The minimum absolute atomic E-state index is 0.112. The highest BCUT2D eigenvalue weighted by molar-refractivity contribution is 7.92. The summed E-state index contributed by atoms with van der Waals surface area (Å²) in [4.78, 5) is 4.21. The quantitative estimate of drug-likeness (QED) is 0.636. The highest BCUT2D eigenvalue weighted by Gasteiger charge is 2.15. The first-order valence-corrected chi connectivity index (χ1v) is 9.69. The Hall–Kier alpha value is -3.13. The molecule has 0 atom stereocenters. The van der Waals surface area contributed by atoms with Crippen LogP contribution in [0, 0.1) is 5.82 Å². The zero-order chi connectivity index (χ0) is 19.3. The fourth-order valence-electron chi connectivity index (χ4n) is 2.31. The van der Waals surface area contributed by atoms with Crippen molar-refractivity contribution in [1.29, 1.82) is 0 Å². The molecule has 140 valence electrons. The van der Waals surface area contributed by atoms with Crippen molar-refractivity contribution in [3.63, 3.8) is 0 Å². The molecule has 0 radical (unpaired) electrons. The van der Waals surface area contributed by atoms with Crippen LogP contribution in [0.1, 0.15) is 6.92 Å². The van der Waals surface area contributed by atoms with E-state index in [0.29, 0.717) is 23.7 Å². The molecular formula is C19H18FN3O3S. The van der Waals surface area contributed by atoms with E-state index < -0.39 is 10.0 Å².